The monoisotopic (exact) mass is 218 g/mol. The number of hydrogen-bond donors (Lipinski definition) is 4. The lowest BCUT2D eigenvalue weighted by molar-refractivity contribution is 0.105. The van der Waals surface area contributed by atoms with Crippen LogP contribution in [0.15, 0.2) is 6.33 Å². The van der Waals surface area contributed by atoms with Gasteiger partial charge in [-0.25, -0.2) is 9.97 Å². The molecule has 0 amide bonds. The maximum atomic E-state index is 9.05. The summed E-state index contributed by atoms with van der Waals surface area (Å²) < 4.78 is 0. The van der Waals surface area contributed by atoms with Crippen molar-refractivity contribution in [2.75, 3.05) is 24.2 Å². The number of aromatic nitrogens is 2. The Morgan fingerprint density at radius 3 is 2.93 bits per heavy atom. The molecule has 6 nitrogen and oxygen atoms in total. The summed E-state index contributed by atoms with van der Waals surface area (Å²) in [5, 5.41) is 20.5. The van der Waals surface area contributed by atoms with Crippen molar-refractivity contribution in [3.63, 3.8) is 0 Å². The van der Waals surface area contributed by atoms with Crippen molar-refractivity contribution >= 4 is 23.1 Å². The van der Waals surface area contributed by atoms with E-state index in [2.05, 4.69) is 15.3 Å². The van der Waals surface area contributed by atoms with Gasteiger partial charge in [-0.15, -0.1) is 0 Å². The van der Waals surface area contributed by atoms with Gasteiger partial charge in [0.25, 0.3) is 0 Å². The summed E-state index contributed by atoms with van der Waals surface area (Å²) in [6.45, 7) is -0.181. The number of rotatable bonds is 4. The van der Waals surface area contributed by atoms with Crippen LogP contribution >= 0.6 is 11.6 Å². The van der Waals surface area contributed by atoms with Gasteiger partial charge in [-0.1, -0.05) is 11.6 Å². The number of nitrogens with two attached hydrogens (primary N) is 1. The van der Waals surface area contributed by atoms with Crippen molar-refractivity contribution in [2.45, 2.75) is 6.10 Å². The molecular formula is C7H11ClN4O2. The van der Waals surface area contributed by atoms with Crippen LogP contribution in [0.25, 0.3) is 0 Å². The standard InChI is InChI=1S/C7H11ClN4O2/c8-6-5(9)7(12-3-11-6)10-1-4(14)2-13/h3-4,13-14H,1-2,9H2,(H,10,11,12)/t4-/m1/s1. The molecule has 0 saturated heterocycles. The Balaban J connectivity index is 2.63. The van der Waals surface area contributed by atoms with Gasteiger partial charge in [0.1, 0.15) is 12.0 Å². The number of nitrogen functional groups attached to an aromatic ring is 1. The fourth-order valence-electron chi connectivity index (χ4n) is 0.794. The summed E-state index contributed by atoms with van der Waals surface area (Å²) in [7, 11) is 0. The highest BCUT2D eigenvalue weighted by Gasteiger charge is 2.07. The zero-order valence-corrected chi connectivity index (χ0v) is 8.07. The predicted octanol–water partition coefficient (Wildman–Crippen LogP) is -0.523. The van der Waals surface area contributed by atoms with Crippen molar-refractivity contribution in [1.29, 1.82) is 0 Å². The zero-order valence-electron chi connectivity index (χ0n) is 7.31. The largest absolute Gasteiger partial charge is 0.394 e. The molecule has 0 bridgehead atoms. The van der Waals surface area contributed by atoms with Gasteiger partial charge in [-0.3, -0.25) is 0 Å². The number of hydrogen-bond acceptors (Lipinski definition) is 6. The summed E-state index contributed by atoms with van der Waals surface area (Å²) in [6, 6.07) is 0. The third kappa shape index (κ3) is 2.69. The Bertz CT molecular complexity index is 310. The lowest BCUT2D eigenvalue weighted by atomic mass is 10.3. The fourth-order valence-corrected chi connectivity index (χ4v) is 0.927. The number of aliphatic hydroxyl groups excluding tert-OH is 2. The van der Waals surface area contributed by atoms with Crippen molar-refractivity contribution < 1.29 is 10.2 Å². The Kier molecular flexibility index (Phi) is 3.87. The zero-order chi connectivity index (χ0) is 10.6. The molecule has 0 aliphatic rings. The van der Waals surface area contributed by atoms with Crippen molar-refractivity contribution in [3.05, 3.63) is 11.5 Å². The number of nitrogens with one attached hydrogen (secondary N) is 1. The molecule has 7 heteroatoms. The quantitative estimate of drug-likeness (QED) is 0.507. The van der Waals surface area contributed by atoms with Gasteiger partial charge < -0.3 is 21.3 Å². The van der Waals surface area contributed by atoms with Gasteiger partial charge in [0, 0.05) is 6.54 Å². The first kappa shape index (κ1) is 11.0. The van der Waals surface area contributed by atoms with Gasteiger partial charge in [-0.2, -0.15) is 0 Å². The van der Waals surface area contributed by atoms with E-state index in [0.717, 1.165) is 0 Å². The molecule has 0 aliphatic carbocycles. The average molecular weight is 219 g/mol. The third-order valence-corrected chi connectivity index (χ3v) is 1.85. The highest BCUT2D eigenvalue weighted by atomic mass is 35.5. The van der Waals surface area contributed by atoms with Crippen LogP contribution in [0, 0.1) is 0 Å². The highest BCUT2D eigenvalue weighted by molar-refractivity contribution is 6.32. The molecule has 0 saturated carbocycles. The molecule has 1 rings (SSSR count). The number of halogens is 1. The average Bonchev–Trinajstić information content (AvgIpc) is 2.20. The molecular weight excluding hydrogens is 208 g/mol. The van der Waals surface area contributed by atoms with E-state index in [4.69, 9.17) is 27.5 Å². The number of anilines is 2. The van der Waals surface area contributed by atoms with Crippen LogP contribution in [-0.4, -0.2) is 39.4 Å². The Morgan fingerprint density at radius 2 is 2.29 bits per heavy atom. The van der Waals surface area contributed by atoms with E-state index in [9.17, 15) is 0 Å². The first-order valence-electron chi connectivity index (χ1n) is 3.94. The Hall–Kier alpha value is -1.11. The molecule has 14 heavy (non-hydrogen) atoms. The minimum Gasteiger partial charge on any atom is -0.394 e. The fraction of sp³-hybridized carbons (Fsp3) is 0.429. The minimum atomic E-state index is -0.858. The van der Waals surface area contributed by atoms with Gasteiger partial charge in [0.15, 0.2) is 11.0 Å². The van der Waals surface area contributed by atoms with Gasteiger partial charge >= 0.3 is 0 Å². The lowest BCUT2D eigenvalue weighted by Crippen LogP contribution is -2.23. The maximum absolute atomic E-state index is 9.05. The van der Waals surface area contributed by atoms with E-state index >= 15 is 0 Å². The maximum Gasteiger partial charge on any atom is 0.157 e. The molecule has 1 heterocycles. The van der Waals surface area contributed by atoms with Crippen LogP contribution in [0.5, 0.6) is 0 Å². The van der Waals surface area contributed by atoms with Crippen LogP contribution in [0.1, 0.15) is 0 Å². The van der Waals surface area contributed by atoms with Crippen molar-refractivity contribution in [2.24, 2.45) is 0 Å². The lowest BCUT2D eigenvalue weighted by Gasteiger charge is -2.10. The molecule has 1 atom stereocenters. The summed E-state index contributed by atoms with van der Waals surface area (Å²) in [4.78, 5) is 7.49. The topological polar surface area (TPSA) is 104 Å². The highest BCUT2D eigenvalue weighted by Crippen LogP contribution is 2.21. The second-order valence-electron chi connectivity index (χ2n) is 2.64. The summed E-state index contributed by atoms with van der Waals surface area (Å²) in [5.74, 6) is 0.345. The SMILES string of the molecule is Nc1c(Cl)ncnc1NC[C@@H](O)CO. The summed E-state index contributed by atoms with van der Waals surface area (Å²) >= 11 is 5.64. The molecule has 0 spiro atoms. The normalized spacial score (nSPS) is 12.5. The van der Waals surface area contributed by atoms with Crippen molar-refractivity contribution in [3.8, 4) is 0 Å². The molecule has 1 aromatic heterocycles. The van der Waals surface area contributed by atoms with Gasteiger partial charge in [-0.05, 0) is 0 Å². The second-order valence-corrected chi connectivity index (χ2v) is 3.00. The smallest absolute Gasteiger partial charge is 0.157 e. The summed E-state index contributed by atoms with van der Waals surface area (Å²) in [5.41, 5.74) is 5.77. The molecule has 0 aromatic carbocycles. The van der Waals surface area contributed by atoms with E-state index in [0.29, 0.717) is 5.82 Å². The van der Waals surface area contributed by atoms with Gasteiger partial charge in [0.05, 0.1) is 12.7 Å². The number of aliphatic hydroxyl groups is 2. The molecule has 1 aromatic rings. The van der Waals surface area contributed by atoms with Crippen LogP contribution in [0.2, 0.25) is 5.15 Å². The van der Waals surface area contributed by atoms with Crippen LogP contribution < -0.4 is 11.1 Å². The third-order valence-electron chi connectivity index (χ3n) is 1.55. The Morgan fingerprint density at radius 1 is 1.57 bits per heavy atom. The molecule has 0 unspecified atom stereocenters. The van der Waals surface area contributed by atoms with E-state index < -0.39 is 6.10 Å². The van der Waals surface area contributed by atoms with E-state index in [1.807, 2.05) is 0 Å². The van der Waals surface area contributed by atoms with Crippen LogP contribution in [-0.2, 0) is 0 Å². The minimum absolute atomic E-state index is 0.147. The Labute approximate surface area is 85.7 Å². The van der Waals surface area contributed by atoms with Crippen LogP contribution in [0.4, 0.5) is 11.5 Å². The molecule has 0 fully saturated rings. The first-order valence-corrected chi connectivity index (χ1v) is 4.31. The van der Waals surface area contributed by atoms with Gasteiger partial charge in [0.2, 0.25) is 0 Å². The first-order chi connectivity index (χ1) is 6.65. The molecule has 78 valence electrons. The van der Waals surface area contributed by atoms with E-state index in [1.54, 1.807) is 0 Å². The molecule has 0 aliphatic heterocycles. The summed E-state index contributed by atoms with van der Waals surface area (Å²) in [6.07, 6.45) is 0.398. The molecule has 0 radical (unpaired) electrons. The second kappa shape index (κ2) is 4.94. The van der Waals surface area contributed by atoms with Crippen LogP contribution in [0.3, 0.4) is 0 Å². The molecule has 5 N–H and O–H groups in total. The predicted molar refractivity (Wildman–Crippen MR) is 53.0 cm³/mol. The van der Waals surface area contributed by atoms with Crippen molar-refractivity contribution in [1.82, 2.24) is 9.97 Å². The van der Waals surface area contributed by atoms with E-state index in [1.165, 1.54) is 6.33 Å². The van der Waals surface area contributed by atoms with E-state index in [-0.39, 0.29) is 24.0 Å². The number of nitrogens with zero attached hydrogens (tertiary/aromatic N) is 2.